The molecular weight excluding hydrogens is 821 g/mol. The SMILES string of the molecule is Cc1ccc(-c2[c-]cccc2)nc1.Cc1cccc(C)c1-c1cnc(-c2[c-]ccc3c2oc2c3ccc3c(C)c(C)sc32)cc1CC(C)(C)C.[Ir]. The molecule has 51 heavy (non-hydrogen) atoms. The second-order valence-electron chi connectivity index (χ2n) is 14.5. The maximum atomic E-state index is 6.65. The predicted octanol–water partition coefficient (Wildman–Crippen LogP) is 13.0. The van der Waals surface area contributed by atoms with E-state index in [0.717, 1.165) is 50.9 Å². The second-order valence-corrected chi connectivity index (χ2v) is 15.8. The van der Waals surface area contributed by atoms with E-state index in [9.17, 15) is 0 Å². The van der Waals surface area contributed by atoms with E-state index in [2.05, 4.69) is 120 Å². The number of aryl methyl sites for hydroxylation is 5. The molecule has 0 atom stereocenters. The van der Waals surface area contributed by atoms with Crippen LogP contribution in [0.4, 0.5) is 0 Å². The second kappa shape index (κ2) is 14.7. The predicted molar refractivity (Wildman–Crippen MR) is 212 cm³/mol. The molecule has 5 heteroatoms. The van der Waals surface area contributed by atoms with Crippen LogP contribution in [-0.2, 0) is 26.5 Å². The van der Waals surface area contributed by atoms with Crippen LogP contribution in [0.15, 0.2) is 102 Å². The molecule has 0 fully saturated rings. The zero-order chi connectivity index (χ0) is 35.2. The van der Waals surface area contributed by atoms with Crippen LogP contribution in [0.1, 0.15) is 53.5 Å². The number of pyridine rings is 2. The van der Waals surface area contributed by atoms with Gasteiger partial charge in [-0.25, -0.2) is 0 Å². The molecule has 0 bridgehead atoms. The van der Waals surface area contributed by atoms with Crippen molar-refractivity contribution in [3.8, 4) is 33.6 Å². The number of hydrogen-bond donors (Lipinski definition) is 0. The molecule has 0 unspecified atom stereocenters. The molecule has 0 amide bonds. The van der Waals surface area contributed by atoms with Crippen LogP contribution in [0.5, 0.6) is 0 Å². The molecule has 4 aromatic carbocycles. The fourth-order valence-corrected chi connectivity index (χ4v) is 7.93. The Hall–Kier alpha value is -4.41. The van der Waals surface area contributed by atoms with Crippen molar-refractivity contribution in [3.05, 3.63) is 142 Å². The van der Waals surface area contributed by atoms with E-state index in [1.54, 1.807) is 0 Å². The van der Waals surface area contributed by atoms with Gasteiger partial charge in [0.05, 0.1) is 10.3 Å². The average Bonchev–Trinajstić information content (AvgIpc) is 3.62. The zero-order valence-electron chi connectivity index (χ0n) is 30.5. The topological polar surface area (TPSA) is 38.9 Å². The van der Waals surface area contributed by atoms with Crippen molar-refractivity contribution in [3.63, 3.8) is 0 Å². The minimum atomic E-state index is 0. The van der Waals surface area contributed by atoms with Crippen molar-refractivity contribution < 1.29 is 24.5 Å². The van der Waals surface area contributed by atoms with Gasteiger partial charge in [-0.05, 0) is 96.6 Å². The number of fused-ring (bicyclic) bond motifs is 5. The summed E-state index contributed by atoms with van der Waals surface area (Å²) >= 11 is 1.82. The Morgan fingerprint density at radius 2 is 1.43 bits per heavy atom. The smallest absolute Gasteiger partial charge is 0.138 e. The summed E-state index contributed by atoms with van der Waals surface area (Å²) in [4.78, 5) is 10.7. The van der Waals surface area contributed by atoms with E-state index in [1.165, 1.54) is 53.9 Å². The molecule has 3 nitrogen and oxygen atoms in total. The summed E-state index contributed by atoms with van der Waals surface area (Å²) in [5.74, 6) is 0. The van der Waals surface area contributed by atoms with Crippen molar-refractivity contribution in [1.29, 1.82) is 0 Å². The van der Waals surface area contributed by atoms with Gasteiger partial charge in [0.1, 0.15) is 5.58 Å². The standard InChI is InChI=1S/C34H32NOS.C12H10N.Ir/c1-19-10-8-11-20(2)30(19)28-18-35-29(16-23(28)17-34(5,6)7)27-13-9-12-25-26-15-14-24-21(3)22(4)37-33(24)32(26)36-31(25)27;1-10-7-8-12(13-9-10)11-5-3-2-4-6-11;/h8-12,14-16,18H,17H2,1-7H3;2-5,7-9H,1H3;/q2*-1;. The van der Waals surface area contributed by atoms with Crippen molar-refractivity contribution in [1.82, 2.24) is 9.97 Å². The third-order valence-electron chi connectivity index (χ3n) is 9.36. The van der Waals surface area contributed by atoms with E-state index < -0.39 is 0 Å². The number of nitrogens with zero attached hydrogens (tertiary/aromatic N) is 2. The number of aromatic nitrogens is 2. The van der Waals surface area contributed by atoms with E-state index >= 15 is 0 Å². The van der Waals surface area contributed by atoms with Gasteiger partial charge in [0.25, 0.3) is 0 Å². The molecule has 0 saturated carbocycles. The van der Waals surface area contributed by atoms with Crippen molar-refractivity contribution >= 4 is 43.4 Å². The minimum absolute atomic E-state index is 0. The van der Waals surface area contributed by atoms with Crippen molar-refractivity contribution in [2.24, 2.45) is 5.41 Å². The van der Waals surface area contributed by atoms with Gasteiger partial charge in [0.15, 0.2) is 0 Å². The molecule has 0 aliphatic rings. The largest absolute Gasteiger partial charge is 0.499 e. The first-order chi connectivity index (χ1) is 24.0. The van der Waals surface area contributed by atoms with E-state index in [4.69, 9.17) is 9.40 Å². The summed E-state index contributed by atoms with van der Waals surface area (Å²) in [5.41, 5.74) is 14.7. The van der Waals surface area contributed by atoms with Crippen LogP contribution in [-0.4, -0.2) is 9.97 Å². The number of benzene rings is 4. The first kappa shape index (κ1) is 36.4. The molecular formula is C46H42IrN2OS-2. The summed E-state index contributed by atoms with van der Waals surface area (Å²) < 4.78 is 7.88. The van der Waals surface area contributed by atoms with Gasteiger partial charge >= 0.3 is 0 Å². The van der Waals surface area contributed by atoms with Crippen molar-refractivity contribution in [2.45, 2.75) is 61.8 Å². The van der Waals surface area contributed by atoms with Gasteiger partial charge in [-0.2, -0.15) is 0 Å². The van der Waals surface area contributed by atoms with Crippen LogP contribution in [0.25, 0.3) is 65.7 Å². The molecule has 4 heterocycles. The number of thiophene rings is 1. The van der Waals surface area contributed by atoms with Gasteiger partial charge in [-0.1, -0.05) is 80.3 Å². The monoisotopic (exact) mass is 863 g/mol. The van der Waals surface area contributed by atoms with Crippen LogP contribution in [0.3, 0.4) is 0 Å². The molecule has 8 aromatic rings. The van der Waals surface area contributed by atoms with Crippen molar-refractivity contribution in [2.75, 3.05) is 0 Å². The normalized spacial score (nSPS) is 11.5. The Kier molecular flexibility index (Phi) is 10.5. The molecule has 0 N–H and O–H groups in total. The van der Waals surface area contributed by atoms with Gasteiger partial charge in [-0.3, -0.25) is 0 Å². The Bertz CT molecular complexity index is 2460. The van der Waals surface area contributed by atoms with Gasteiger partial charge in [0.2, 0.25) is 0 Å². The summed E-state index contributed by atoms with van der Waals surface area (Å²) in [6.07, 6.45) is 4.89. The molecule has 4 aromatic heterocycles. The van der Waals surface area contributed by atoms with Crippen LogP contribution >= 0.6 is 11.3 Å². The Balaban J connectivity index is 0.000000269. The quantitative estimate of drug-likeness (QED) is 0.166. The van der Waals surface area contributed by atoms with Crippen LogP contribution in [0, 0.1) is 52.2 Å². The summed E-state index contributed by atoms with van der Waals surface area (Å²) in [6.45, 7) is 17.7. The average molecular weight is 863 g/mol. The summed E-state index contributed by atoms with van der Waals surface area (Å²) in [5, 5.41) is 3.55. The molecule has 0 aliphatic carbocycles. The maximum Gasteiger partial charge on any atom is 0.138 e. The van der Waals surface area contributed by atoms with Gasteiger partial charge in [-0.15, -0.1) is 65.4 Å². The Morgan fingerprint density at radius 3 is 2.12 bits per heavy atom. The molecule has 0 aliphatic heterocycles. The van der Waals surface area contributed by atoms with Gasteiger partial charge < -0.3 is 14.4 Å². The van der Waals surface area contributed by atoms with E-state index in [-0.39, 0.29) is 25.5 Å². The Morgan fingerprint density at radius 1 is 0.706 bits per heavy atom. The number of furan rings is 1. The van der Waals surface area contributed by atoms with E-state index in [0.29, 0.717) is 0 Å². The fraction of sp³-hybridized carbons (Fsp3) is 0.217. The first-order valence-corrected chi connectivity index (χ1v) is 18.0. The summed E-state index contributed by atoms with van der Waals surface area (Å²) in [7, 11) is 0. The Labute approximate surface area is 319 Å². The number of rotatable bonds is 4. The third kappa shape index (κ3) is 7.35. The number of hydrogen-bond acceptors (Lipinski definition) is 4. The molecule has 1 radical (unpaired) electrons. The first-order valence-electron chi connectivity index (χ1n) is 17.2. The molecule has 8 rings (SSSR count). The van der Waals surface area contributed by atoms with Gasteiger partial charge in [0, 0.05) is 48.3 Å². The van der Waals surface area contributed by atoms with Crippen LogP contribution in [0.2, 0.25) is 0 Å². The third-order valence-corrected chi connectivity index (χ3v) is 10.6. The van der Waals surface area contributed by atoms with Crippen LogP contribution < -0.4 is 0 Å². The molecule has 0 saturated heterocycles. The molecule has 0 spiro atoms. The zero-order valence-corrected chi connectivity index (χ0v) is 33.7. The summed E-state index contributed by atoms with van der Waals surface area (Å²) in [6, 6.07) is 35.9. The molecule has 259 valence electrons. The fourth-order valence-electron chi connectivity index (χ4n) is 6.78. The van der Waals surface area contributed by atoms with E-state index in [1.807, 2.05) is 60.9 Å². The minimum Gasteiger partial charge on any atom is -0.499 e. The maximum absolute atomic E-state index is 6.65.